The molecule has 1 aromatic heterocycles. The van der Waals surface area contributed by atoms with Gasteiger partial charge in [-0.05, 0) is 26.0 Å². The first-order valence-electron chi connectivity index (χ1n) is 7.59. The Hall–Kier alpha value is -2.17. The molecule has 0 bridgehead atoms. The highest BCUT2D eigenvalue weighted by Gasteiger charge is 2.21. The van der Waals surface area contributed by atoms with Crippen LogP contribution in [0.15, 0.2) is 48.5 Å². The molecule has 5 heteroatoms. The fourth-order valence-electron chi connectivity index (χ4n) is 2.28. The molecule has 0 aliphatic carbocycles. The van der Waals surface area contributed by atoms with Crippen molar-refractivity contribution in [1.29, 1.82) is 0 Å². The molecule has 0 amide bonds. The van der Waals surface area contributed by atoms with E-state index in [1.807, 2.05) is 55.5 Å². The molecule has 3 aromatic rings. The number of halogens is 1. The molecular formula is C19H16ClNO2S. The van der Waals surface area contributed by atoms with E-state index in [4.69, 9.17) is 16.3 Å². The summed E-state index contributed by atoms with van der Waals surface area (Å²) in [5.74, 6) is -0.342. The fraction of sp³-hybridized carbons (Fsp3) is 0.158. The van der Waals surface area contributed by atoms with E-state index in [0.717, 1.165) is 21.7 Å². The van der Waals surface area contributed by atoms with E-state index in [1.54, 1.807) is 6.92 Å². The molecule has 122 valence electrons. The topological polar surface area (TPSA) is 39.2 Å². The second-order valence-electron chi connectivity index (χ2n) is 5.29. The number of carbonyl (C=O) groups is 1. The Kier molecular flexibility index (Phi) is 4.97. The van der Waals surface area contributed by atoms with Crippen molar-refractivity contribution in [2.24, 2.45) is 0 Å². The first-order valence-corrected chi connectivity index (χ1v) is 8.79. The number of carbonyl (C=O) groups excluding carboxylic acids is 1. The standard InChI is InChI=1S/C19H16ClNO2S/c1-3-23-19(22)17-16(13-6-4-12(2)5-7-13)21-18(24-17)14-8-10-15(20)11-9-14/h4-11H,3H2,1-2H3. The van der Waals surface area contributed by atoms with E-state index in [0.29, 0.717) is 22.2 Å². The summed E-state index contributed by atoms with van der Waals surface area (Å²) in [6.07, 6.45) is 0. The van der Waals surface area contributed by atoms with Crippen LogP contribution in [0.25, 0.3) is 21.8 Å². The largest absolute Gasteiger partial charge is 0.462 e. The molecule has 0 saturated heterocycles. The van der Waals surface area contributed by atoms with Gasteiger partial charge >= 0.3 is 5.97 Å². The Bertz CT molecular complexity index is 854. The first-order chi connectivity index (χ1) is 11.6. The van der Waals surface area contributed by atoms with Gasteiger partial charge < -0.3 is 4.74 Å². The Morgan fingerprint density at radius 3 is 2.33 bits per heavy atom. The number of thiazole rings is 1. The Morgan fingerprint density at radius 2 is 1.71 bits per heavy atom. The normalized spacial score (nSPS) is 10.6. The molecule has 1 heterocycles. The number of nitrogens with zero attached hydrogens (tertiary/aromatic N) is 1. The van der Waals surface area contributed by atoms with Crippen molar-refractivity contribution in [3.8, 4) is 21.8 Å². The van der Waals surface area contributed by atoms with E-state index in [1.165, 1.54) is 11.3 Å². The maximum Gasteiger partial charge on any atom is 0.350 e. The van der Waals surface area contributed by atoms with Gasteiger partial charge in [0.25, 0.3) is 0 Å². The van der Waals surface area contributed by atoms with Crippen LogP contribution in [0, 0.1) is 6.92 Å². The van der Waals surface area contributed by atoms with Crippen LogP contribution in [0.4, 0.5) is 0 Å². The van der Waals surface area contributed by atoms with Crippen molar-refractivity contribution < 1.29 is 9.53 Å². The lowest BCUT2D eigenvalue weighted by Crippen LogP contribution is -2.03. The second-order valence-corrected chi connectivity index (χ2v) is 6.73. The van der Waals surface area contributed by atoms with Crippen molar-refractivity contribution in [1.82, 2.24) is 4.98 Å². The van der Waals surface area contributed by atoms with Crippen LogP contribution in [0.2, 0.25) is 5.02 Å². The summed E-state index contributed by atoms with van der Waals surface area (Å²) in [6, 6.07) is 15.4. The molecule has 24 heavy (non-hydrogen) atoms. The smallest absolute Gasteiger partial charge is 0.350 e. The number of aryl methyl sites for hydroxylation is 1. The number of aromatic nitrogens is 1. The van der Waals surface area contributed by atoms with Crippen molar-refractivity contribution in [2.75, 3.05) is 6.61 Å². The highest BCUT2D eigenvalue weighted by molar-refractivity contribution is 7.17. The monoisotopic (exact) mass is 357 g/mol. The highest BCUT2D eigenvalue weighted by Crippen LogP contribution is 2.35. The molecule has 3 nitrogen and oxygen atoms in total. The molecule has 0 aliphatic heterocycles. The molecule has 2 aromatic carbocycles. The van der Waals surface area contributed by atoms with E-state index >= 15 is 0 Å². The molecule has 0 spiro atoms. The summed E-state index contributed by atoms with van der Waals surface area (Å²) in [5.41, 5.74) is 3.64. The molecule has 0 fully saturated rings. The van der Waals surface area contributed by atoms with Crippen molar-refractivity contribution in [3.05, 3.63) is 64.0 Å². The third-order valence-corrected chi connectivity index (χ3v) is 4.84. The Morgan fingerprint density at radius 1 is 1.08 bits per heavy atom. The molecule has 0 aliphatic rings. The van der Waals surface area contributed by atoms with Crippen LogP contribution in [0.1, 0.15) is 22.2 Å². The van der Waals surface area contributed by atoms with E-state index in [9.17, 15) is 4.79 Å². The maximum absolute atomic E-state index is 12.3. The third-order valence-electron chi connectivity index (χ3n) is 3.50. The number of rotatable bonds is 4. The third kappa shape index (κ3) is 3.50. The first kappa shape index (κ1) is 16.7. The van der Waals surface area contributed by atoms with Gasteiger partial charge in [-0.15, -0.1) is 11.3 Å². The molecule has 0 saturated carbocycles. The summed E-state index contributed by atoms with van der Waals surface area (Å²) in [4.78, 5) is 17.5. The lowest BCUT2D eigenvalue weighted by molar-refractivity contribution is 0.0532. The van der Waals surface area contributed by atoms with E-state index < -0.39 is 0 Å². The molecular weight excluding hydrogens is 342 g/mol. The van der Waals surface area contributed by atoms with Gasteiger partial charge in [-0.25, -0.2) is 9.78 Å². The second kappa shape index (κ2) is 7.16. The van der Waals surface area contributed by atoms with Crippen LogP contribution >= 0.6 is 22.9 Å². The minimum absolute atomic E-state index is 0.334. The zero-order valence-corrected chi connectivity index (χ0v) is 14.9. The zero-order valence-electron chi connectivity index (χ0n) is 13.4. The number of benzene rings is 2. The van der Waals surface area contributed by atoms with Crippen LogP contribution in [0.5, 0.6) is 0 Å². The van der Waals surface area contributed by atoms with Gasteiger partial charge in [0, 0.05) is 16.1 Å². The van der Waals surface area contributed by atoms with Gasteiger partial charge in [0.05, 0.1) is 12.3 Å². The minimum Gasteiger partial charge on any atom is -0.462 e. The molecule has 0 atom stereocenters. The zero-order chi connectivity index (χ0) is 17.1. The van der Waals surface area contributed by atoms with Crippen molar-refractivity contribution in [3.63, 3.8) is 0 Å². The van der Waals surface area contributed by atoms with Crippen LogP contribution in [-0.2, 0) is 4.74 Å². The quantitative estimate of drug-likeness (QED) is 0.569. The van der Waals surface area contributed by atoms with Crippen molar-refractivity contribution >= 4 is 28.9 Å². The minimum atomic E-state index is -0.342. The predicted octanol–water partition coefficient (Wildman–Crippen LogP) is 5.62. The molecule has 3 rings (SSSR count). The molecule has 0 radical (unpaired) electrons. The summed E-state index contributed by atoms with van der Waals surface area (Å²) >= 11 is 7.28. The number of ether oxygens (including phenoxy) is 1. The van der Waals surface area contributed by atoms with Gasteiger partial charge in [0.15, 0.2) is 0 Å². The lowest BCUT2D eigenvalue weighted by Gasteiger charge is -2.02. The van der Waals surface area contributed by atoms with Gasteiger partial charge in [-0.3, -0.25) is 0 Å². The average Bonchev–Trinajstić information content (AvgIpc) is 3.02. The molecule has 0 N–H and O–H groups in total. The maximum atomic E-state index is 12.3. The van der Waals surface area contributed by atoms with Gasteiger partial charge in [-0.2, -0.15) is 0 Å². The lowest BCUT2D eigenvalue weighted by atomic mass is 10.1. The van der Waals surface area contributed by atoms with Crippen LogP contribution in [-0.4, -0.2) is 17.6 Å². The highest BCUT2D eigenvalue weighted by atomic mass is 35.5. The van der Waals surface area contributed by atoms with E-state index in [2.05, 4.69) is 4.98 Å². The van der Waals surface area contributed by atoms with Gasteiger partial charge in [0.1, 0.15) is 9.88 Å². The predicted molar refractivity (Wildman–Crippen MR) is 98.7 cm³/mol. The number of esters is 1. The van der Waals surface area contributed by atoms with Gasteiger partial charge in [-0.1, -0.05) is 53.6 Å². The number of hydrogen-bond donors (Lipinski definition) is 0. The summed E-state index contributed by atoms with van der Waals surface area (Å²) in [7, 11) is 0. The van der Waals surface area contributed by atoms with E-state index in [-0.39, 0.29) is 5.97 Å². The Balaban J connectivity index is 2.10. The summed E-state index contributed by atoms with van der Waals surface area (Å²) in [5, 5.41) is 1.44. The van der Waals surface area contributed by atoms with Crippen LogP contribution in [0.3, 0.4) is 0 Å². The fourth-order valence-corrected chi connectivity index (χ4v) is 3.39. The Labute approximate surface area is 149 Å². The molecule has 0 unspecified atom stereocenters. The van der Waals surface area contributed by atoms with Crippen molar-refractivity contribution in [2.45, 2.75) is 13.8 Å². The SMILES string of the molecule is CCOC(=O)c1sc(-c2ccc(Cl)cc2)nc1-c1ccc(C)cc1. The van der Waals surface area contributed by atoms with Crippen LogP contribution < -0.4 is 0 Å². The summed E-state index contributed by atoms with van der Waals surface area (Å²) in [6.45, 7) is 4.15. The summed E-state index contributed by atoms with van der Waals surface area (Å²) < 4.78 is 5.19. The average molecular weight is 358 g/mol. The number of hydrogen-bond acceptors (Lipinski definition) is 4. The van der Waals surface area contributed by atoms with Gasteiger partial charge in [0.2, 0.25) is 0 Å².